The van der Waals surface area contributed by atoms with Crippen molar-refractivity contribution in [3.8, 4) is 0 Å². The van der Waals surface area contributed by atoms with Gasteiger partial charge in [0, 0.05) is 17.7 Å². The van der Waals surface area contributed by atoms with Gasteiger partial charge in [0.1, 0.15) is 5.82 Å². The number of rotatable bonds is 3. The van der Waals surface area contributed by atoms with Crippen LogP contribution in [0.4, 0.5) is 5.82 Å². The highest BCUT2D eigenvalue weighted by molar-refractivity contribution is 6.01. The first-order valence-corrected chi connectivity index (χ1v) is 5.58. The standard InChI is InChI=1S/C13H20N2O/c1-9(2)11(16)10-7-6-8-14-12(10)15-13(3,4)5/h6-9H,1-5H3,(H,14,15). The molecule has 0 aliphatic heterocycles. The molecule has 0 amide bonds. The Morgan fingerprint density at radius 3 is 2.50 bits per heavy atom. The fourth-order valence-electron chi connectivity index (χ4n) is 1.37. The van der Waals surface area contributed by atoms with Crippen LogP contribution in [-0.4, -0.2) is 16.3 Å². The summed E-state index contributed by atoms with van der Waals surface area (Å²) in [5.41, 5.74) is 0.577. The molecule has 1 heterocycles. The van der Waals surface area contributed by atoms with Crippen LogP contribution in [0.2, 0.25) is 0 Å². The van der Waals surface area contributed by atoms with E-state index in [0.717, 1.165) is 0 Å². The molecule has 0 fully saturated rings. The number of anilines is 1. The van der Waals surface area contributed by atoms with E-state index in [-0.39, 0.29) is 17.2 Å². The van der Waals surface area contributed by atoms with Crippen molar-refractivity contribution in [2.45, 2.75) is 40.2 Å². The molecular weight excluding hydrogens is 200 g/mol. The minimum absolute atomic E-state index is 0.00952. The summed E-state index contributed by atoms with van der Waals surface area (Å²) in [4.78, 5) is 16.2. The number of aromatic nitrogens is 1. The average Bonchev–Trinajstić information content (AvgIpc) is 2.15. The van der Waals surface area contributed by atoms with Crippen LogP contribution in [0.3, 0.4) is 0 Å². The maximum atomic E-state index is 12.0. The minimum atomic E-state index is -0.0969. The van der Waals surface area contributed by atoms with Crippen molar-refractivity contribution >= 4 is 11.6 Å². The lowest BCUT2D eigenvalue weighted by Crippen LogP contribution is -2.28. The third-order valence-corrected chi connectivity index (χ3v) is 2.09. The number of nitrogens with one attached hydrogen (secondary N) is 1. The Morgan fingerprint density at radius 1 is 1.38 bits per heavy atom. The summed E-state index contributed by atoms with van der Waals surface area (Å²) in [6, 6.07) is 3.62. The van der Waals surface area contributed by atoms with Crippen LogP contribution in [0.5, 0.6) is 0 Å². The Hall–Kier alpha value is -1.38. The Bertz CT molecular complexity index is 378. The molecule has 1 N–H and O–H groups in total. The summed E-state index contributed by atoms with van der Waals surface area (Å²) in [5, 5.41) is 3.25. The molecule has 1 rings (SSSR count). The molecule has 0 saturated carbocycles. The van der Waals surface area contributed by atoms with E-state index in [0.29, 0.717) is 11.4 Å². The number of ketones is 1. The van der Waals surface area contributed by atoms with Gasteiger partial charge in [-0.2, -0.15) is 0 Å². The van der Waals surface area contributed by atoms with Crippen molar-refractivity contribution < 1.29 is 4.79 Å². The summed E-state index contributed by atoms with van der Waals surface area (Å²) >= 11 is 0. The normalized spacial score (nSPS) is 11.6. The largest absolute Gasteiger partial charge is 0.365 e. The second kappa shape index (κ2) is 4.64. The van der Waals surface area contributed by atoms with E-state index in [1.54, 1.807) is 12.3 Å². The fraction of sp³-hybridized carbons (Fsp3) is 0.538. The van der Waals surface area contributed by atoms with Gasteiger partial charge in [0.05, 0.1) is 5.56 Å². The average molecular weight is 220 g/mol. The number of Topliss-reactive ketones (excluding diaryl/α,β-unsaturated/α-hetero) is 1. The third kappa shape index (κ3) is 3.33. The number of carbonyl (C=O) groups excluding carboxylic acids is 1. The lowest BCUT2D eigenvalue weighted by molar-refractivity contribution is 0.0940. The summed E-state index contributed by atoms with van der Waals surface area (Å²) < 4.78 is 0. The van der Waals surface area contributed by atoms with Gasteiger partial charge in [0.2, 0.25) is 0 Å². The van der Waals surface area contributed by atoms with E-state index < -0.39 is 0 Å². The second-order valence-corrected chi connectivity index (χ2v) is 5.29. The zero-order valence-corrected chi connectivity index (χ0v) is 10.7. The van der Waals surface area contributed by atoms with Gasteiger partial charge in [0.25, 0.3) is 0 Å². The predicted molar refractivity (Wildman–Crippen MR) is 66.8 cm³/mol. The summed E-state index contributed by atoms with van der Waals surface area (Å²) in [5.74, 6) is 0.790. The van der Waals surface area contributed by atoms with Gasteiger partial charge in [-0.25, -0.2) is 4.98 Å². The van der Waals surface area contributed by atoms with E-state index in [4.69, 9.17) is 0 Å². The lowest BCUT2D eigenvalue weighted by Gasteiger charge is -2.23. The molecule has 0 atom stereocenters. The molecule has 0 spiro atoms. The summed E-state index contributed by atoms with van der Waals surface area (Å²) in [7, 11) is 0. The van der Waals surface area contributed by atoms with Crippen molar-refractivity contribution in [2.24, 2.45) is 5.92 Å². The zero-order chi connectivity index (χ0) is 12.3. The molecule has 3 heteroatoms. The van der Waals surface area contributed by atoms with Gasteiger partial charge >= 0.3 is 0 Å². The first-order valence-electron chi connectivity index (χ1n) is 5.58. The molecule has 0 unspecified atom stereocenters. The van der Waals surface area contributed by atoms with E-state index >= 15 is 0 Å². The first kappa shape index (κ1) is 12.7. The Balaban J connectivity index is 3.06. The highest BCUT2D eigenvalue weighted by Crippen LogP contribution is 2.19. The topological polar surface area (TPSA) is 42.0 Å². The van der Waals surface area contributed by atoms with E-state index in [1.807, 2.05) is 40.7 Å². The molecule has 88 valence electrons. The van der Waals surface area contributed by atoms with Crippen LogP contribution >= 0.6 is 0 Å². The number of carbonyl (C=O) groups is 1. The smallest absolute Gasteiger partial charge is 0.169 e. The van der Waals surface area contributed by atoms with Crippen molar-refractivity contribution in [3.05, 3.63) is 23.9 Å². The first-order chi connectivity index (χ1) is 7.31. The summed E-state index contributed by atoms with van der Waals surface area (Å²) in [6.45, 7) is 9.94. The molecule has 0 aromatic carbocycles. The third-order valence-electron chi connectivity index (χ3n) is 2.09. The minimum Gasteiger partial charge on any atom is -0.365 e. The highest BCUT2D eigenvalue weighted by atomic mass is 16.1. The SMILES string of the molecule is CC(C)C(=O)c1cccnc1NC(C)(C)C. The van der Waals surface area contributed by atoms with E-state index in [2.05, 4.69) is 10.3 Å². The maximum Gasteiger partial charge on any atom is 0.169 e. The Morgan fingerprint density at radius 2 is 2.00 bits per heavy atom. The fourth-order valence-corrected chi connectivity index (χ4v) is 1.37. The van der Waals surface area contributed by atoms with Crippen LogP contribution in [0, 0.1) is 5.92 Å². The lowest BCUT2D eigenvalue weighted by atomic mass is 10.0. The number of nitrogens with zero attached hydrogens (tertiary/aromatic N) is 1. The molecule has 0 aliphatic carbocycles. The summed E-state index contributed by atoms with van der Waals surface area (Å²) in [6.07, 6.45) is 1.70. The van der Waals surface area contributed by atoms with Gasteiger partial charge in [-0.15, -0.1) is 0 Å². The molecule has 3 nitrogen and oxygen atoms in total. The van der Waals surface area contributed by atoms with Gasteiger partial charge in [0.15, 0.2) is 5.78 Å². The van der Waals surface area contributed by atoms with Crippen molar-refractivity contribution in [1.82, 2.24) is 4.98 Å². The molecule has 0 radical (unpaired) electrons. The Labute approximate surface area is 97.3 Å². The quantitative estimate of drug-likeness (QED) is 0.796. The maximum absolute atomic E-state index is 12.0. The molecule has 16 heavy (non-hydrogen) atoms. The molecule has 1 aromatic rings. The van der Waals surface area contributed by atoms with Gasteiger partial charge < -0.3 is 5.32 Å². The van der Waals surface area contributed by atoms with Gasteiger partial charge in [-0.3, -0.25) is 4.79 Å². The Kier molecular flexibility index (Phi) is 3.68. The van der Waals surface area contributed by atoms with Gasteiger partial charge in [-0.05, 0) is 32.9 Å². The second-order valence-electron chi connectivity index (χ2n) is 5.29. The van der Waals surface area contributed by atoms with Gasteiger partial charge in [-0.1, -0.05) is 13.8 Å². The van der Waals surface area contributed by atoms with Crippen molar-refractivity contribution in [1.29, 1.82) is 0 Å². The van der Waals surface area contributed by atoms with Crippen LogP contribution in [0.15, 0.2) is 18.3 Å². The predicted octanol–water partition coefficient (Wildman–Crippen LogP) is 3.13. The zero-order valence-electron chi connectivity index (χ0n) is 10.7. The number of pyridine rings is 1. The number of hydrogen-bond acceptors (Lipinski definition) is 3. The molecular formula is C13H20N2O. The van der Waals surface area contributed by atoms with E-state index in [1.165, 1.54) is 0 Å². The monoisotopic (exact) mass is 220 g/mol. The number of hydrogen-bond donors (Lipinski definition) is 1. The van der Waals surface area contributed by atoms with Crippen molar-refractivity contribution in [2.75, 3.05) is 5.32 Å². The van der Waals surface area contributed by atoms with E-state index in [9.17, 15) is 4.79 Å². The van der Waals surface area contributed by atoms with Crippen LogP contribution in [0.25, 0.3) is 0 Å². The molecule has 1 aromatic heterocycles. The molecule has 0 bridgehead atoms. The molecule has 0 aliphatic rings. The molecule has 0 saturated heterocycles. The van der Waals surface area contributed by atoms with Crippen LogP contribution in [0.1, 0.15) is 45.0 Å². The van der Waals surface area contributed by atoms with Crippen LogP contribution < -0.4 is 5.32 Å². The highest BCUT2D eigenvalue weighted by Gasteiger charge is 2.18. The van der Waals surface area contributed by atoms with Crippen LogP contribution in [-0.2, 0) is 0 Å². The van der Waals surface area contributed by atoms with Crippen molar-refractivity contribution in [3.63, 3.8) is 0 Å².